The van der Waals surface area contributed by atoms with E-state index in [-0.39, 0.29) is 10.4 Å². The van der Waals surface area contributed by atoms with Gasteiger partial charge in [0.25, 0.3) is 0 Å². The Morgan fingerprint density at radius 2 is 2.22 bits per heavy atom. The zero-order valence-electron chi connectivity index (χ0n) is 9.28. The monoisotopic (exact) mass is 270 g/mol. The second-order valence-corrected chi connectivity index (χ2v) is 3.99. The van der Waals surface area contributed by atoms with Crippen molar-refractivity contribution in [3.05, 3.63) is 38.9 Å². The standard InChI is InChI=1S/C11H8ClFN2O3/c1-2-15-8-4-6(12)7(13)3-5(8)10(16)9(14-15)11(17)18/h3-4H,2H2,1H3,(H,17,18). The van der Waals surface area contributed by atoms with Crippen LogP contribution < -0.4 is 5.43 Å². The van der Waals surface area contributed by atoms with E-state index >= 15 is 0 Å². The van der Waals surface area contributed by atoms with Gasteiger partial charge in [-0.1, -0.05) is 11.6 Å². The fourth-order valence-corrected chi connectivity index (χ4v) is 1.82. The first-order valence-electron chi connectivity index (χ1n) is 5.09. The van der Waals surface area contributed by atoms with E-state index in [4.69, 9.17) is 16.7 Å². The zero-order chi connectivity index (χ0) is 13.4. The molecule has 1 aromatic heterocycles. The van der Waals surface area contributed by atoms with Crippen molar-refractivity contribution in [2.75, 3.05) is 0 Å². The number of rotatable bonds is 2. The predicted octanol–water partition coefficient (Wildman–Crippen LogP) is 1.91. The number of fused-ring (bicyclic) bond motifs is 1. The average Bonchev–Trinajstić information content (AvgIpc) is 2.32. The van der Waals surface area contributed by atoms with E-state index in [1.54, 1.807) is 6.92 Å². The van der Waals surface area contributed by atoms with Crippen LogP contribution in [0.15, 0.2) is 16.9 Å². The molecule has 0 atom stereocenters. The number of benzene rings is 1. The highest BCUT2D eigenvalue weighted by Gasteiger charge is 2.17. The molecule has 2 rings (SSSR count). The van der Waals surface area contributed by atoms with E-state index in [1.807, 2.05) is 0 Å². The molecule has 0 aliphatic heterocycles. The fourth-order valence-electron chi connectivity index (χ4n) is 1.66. The largest absolute Gasteiger partial charge is 0.476 e. The molecule has 94 valence electrons. The summed E-state index contributed by atoms with van der Waals surface area (Å²) in [5, 5.41) is 12.4. The minimum Gasteiger partial charge on any atom is -0.476 e. The second kappa shape index (κ2) is 4.38. The number of carboxylic acid groups (broad SMARTS) is 1. The highest BCUT2D eigenvalue weighted by molar-refractivity contribution is 6.31. The number of aromatic carboxylic acids is 1. The number of hydrogen-bond acceptors (Lipinski definition) is 3. The van der Waals surface area contributed by atoms with Gasteiger partial charge in [0.1, 0.15) is 5.82 Å². The Kier molecular flexibility index (Phi) is 3.04. The lowest BCUT2D eigenvalue weighted by Gasteiger charge is -2.09. The van der Waals surface area contributed by atoms with Crippen molar-refractivity contribution in [2.45, 2.75) is 13.5 Å². The number of carbonyl (C=O) groups is 1. The minimum absolute atomic E-state index is 0.0499. The zero-order valence-corrected chi connectivity index (χ0v) is 10.0. The minimum atomic E-state index is -1.44. The van der Waals surface area contributed by atoms with Gasteiger partial charge in [-0.2, -0.15) is 5.10 Å². The van der Waals surface area contributed by atoms with E-state index in [2.05, 4.69) is 5.10 Å². The lowest BCUT2D eigenvalue weighted by atomic mass is 10.2. The molecule has 0 spiro atoms. The van der Waals surface area contributed by atoms with E-state index < -0.39 is 22.9 Å². The SMILES string of the molecule is CCn1nc(C(=O)O)c(=O)c2cc(F)c(Cl)cc21. The molecular formula is C11H8ClFN2O3. The molecule has 0 amide bonds. The number of aromatic nitrogens is 2. The Morgan fingerprint density at radius 1 is 1.56 bits per heavy atom. The van der Waals surface area contributed by atoms with E-state index in [1.165, 1.54) is 10.7 Å². The van der Waals surface area contributed by atoms with E-state index in [9.17, 15) is 14.0 Å². The Hall–Kier alpha value is -1.95. The van der Waals surface area contributed by atoms with Crippen LogP contribution in [-0.2, 0) is 6.54 Å². The van der Waals surface area contributed by atoms with E-state index in [0.29, 0.717) is 12.1 Å². The quantitative estimate of drug-likeness (QED) is 0.905. The summed E-state index contributed by atoms with van der Waals surface area (Å²) in [7, 11) is 0. The third kappa shape index (κ3) is 1.84. The number of nitrogens with zero attached hydrogens (tertiary/aromatic N) is 2. The van der Waals surface area contributed by atoms with Crippen molar-refractivity contribution in [1.82, 2.24) is 9.78 Å². The van der Waals surface area contributed by atoms with Gasteiger partial charge in [0, 0.05) is 6.54 Å². The number of hydrogen-bond donors (Lipinski definition) is 1. The molecule has 5 nitrogen and oxygen atoms in total. The molecule has 0 aliphatic carbocycles. The summed E-state index contributed by atoms with van der Waals surface area (Å²) in [6.45, 7) is 2.05. The predicted molar refractivity (Wildman–Crippen MR) is 63.6 cm³/mol. The molecule has 7 heteroatoms. The molecule has 18 heavy (non-hydrogen) atoms. The van der Waals surface area contributed by atoms with Crippen LogP contribution in [0.5, 0.6) is 0 Å². The van der Waals surface area contributed by atoms with Crippen LogP contribution in [0.3, 0.4) is 0 Å². The van der Waals surface area contributed by atoms with Crippen LogP contribution in [0.2, 0.25) is 5.02 Å². The molecule has 0 fully saturated rings. The summed E-state index contributed by atoms with van der Waals surface area (Å²) >= 11 is 5.64. The maximum atomic E-state index is 13.3. The van der Waals surface area contributed by atoms with Crippen molar-refractivity contribution < 1.29 is 14.3 Å². The van der Waals surface area contributed by atoms with Gasteiger partial charge in [0.05, 0.1) is 15.9 Å². The van der Waals surface area contributed by atoms with Crippen molar-refractivity contribution in [3.63, 3.8) is 0 Å². The Labute approximate surface area is 105 Å². The smallest absolute Gasteiger partial charge is 0.360 e. The molecule has 0 aliphatic rings. The fraction of sp³-hybridized carbons (Fsp3) is 0.182. The molecule has 2 aromatic rings. The van der Waals surface area contributed by atoms with Gasteiger partial charge in [0.15, 0.2) is 0 Å². The van der Waals surface area contributed by atoms with Gasteiger partial charge in [-0.15, -0.1) is 0 Å². The Balaban J connectivity index is 2.99. The molecule has 1 aromatic carbocycles. The van der Waals surface area contributed by atoms with Crippen molar-refractivity contribution in [1.29, 1.82) is 0 Å². The first-order chi connectivity index (χ1) is 8.45. The van der Waals surface area contributed by atoms with Gasteiger partial charge in [-0.3, -0.25) is 9.48 Å². The van der Waals surface area contributed by atoms with Crippen LogP contribution in [0.4, 0.5) is 4.39 Å². The molecule has 0 saturated heterocycles. The summed E-state index contributed by atoms with van der Waals surface area (Å²) in [6.07, 6.45) is 0. The third-order valence-corrected chi connectivity index (χ3v) is 2.79. The molecule has 0 saturated carbocycles. The molecule has 1 heterocycles. The van der Waals surface area contributed by atoms with Gasteiger partial charge in [0.2, 0.25) is 11.1 Å². The van der Waals surface area contributed by atoms with Crippen LogP contribution in [0.1, 0.15) is 17.4 Å². The molecular weight excluding hydrogens is 263 g/mol. The number of carboxylic acids is 1. The lowest BCUT2D eigenvalue weighted by molar-refractivity contribution is 0.0686. The first-order valence-corrected chi connectivity index (χ1v) is 5.46. The maximum Gasteiger partial charge on any atom is 0.360 e. The van der Waals surface area contributed by atoms with Gasteiger partial charge >= 0.3 is 5.97 Å². The topological polar surface area (TPSA) is 72.2 Å². The van der Waals surface area contributed by atoms with Crippen LogP contribution in [0.25, 0.3) is 10.9 Å². The van der Waals surface area contributed by atoms with Crippen molar-refractivity contribution in [3.8, 4) is 0 Å². The average molecular weight is 271 g/mol. The number of halogens is 2. The first kappa shape index (κ1) is 12.5. The van der Waals surface area contributed by atoms with Gasteiger partial charge < -0.3 is 5.11 Å². The maximum absolute atomic E-state index is 13.3. The summed E-state index contributed by atoms with van der Waals surface area (Å²) in [5.74, 6) is -2.22. The highest BCUT2D eigenvalue weighted by Crippen LogP contribution is 2.20. The molecule has 1 N–H and O–H groups in total. The summed E-state index contributed by atoms with van der Waals surface area (Å²) in [6, 6.07) is 2.19. The number of aryl methyl sites for hydroxylation is 1. The Bertz CT molecular complexity index is 711. The Morgan fingerprint density at radius 3 is 2.78 bits per heavy atom. The van der Waals surface area contributed by atoms with Gasteiger partial charge in [-0.05, 0) is 19.1 Å². The molecule has 0 radical (unpaired) electrons. The van der Waals surface area contributed by atoms with Crippen LogP contribution >= 0.6 is 11.6 Å². The normalized spacial score (nSPS) is 10.8. The molecule has 0 bridgehead atoms. The second-order valence-electron chi connectivity index (χ2n) is 3.58. The summed E-state index contributed by atoms with van der Waals surface area (Å²) in [4.78, 5) is 22.7. The van der Waals surface area contributed by atoms with Crippen LogP contribution in [0, 0.1) is 5.82 Å². The highest BCUT2D eigenvalue weighted by atomic mass is 35.5. The van der Waals surface area contributed by atoms with Crippen molar-refractivity contribution >= 4 is 28.5 Å². The van der Waals surface area contributed by atoms with Crippen molar-refractivity contribution in [2.24, 2.45) is 0 Å². The third-order valence-electron chi connectivity index (χ3n) is 2.50. The van der Waals surface area contributed by atoms with Gasteiger partial charge in [-0.25, -0.2) is 9.18 Å². The summed E-state index contributed by atoms with van der Waals surface area (Å²) in [5.41, 5.74) is -1.15. The molecule has 0 unspecified atom stereocenters. The lowest BCUT2D eigenvalue weighted by Crippen LogP contribution is -2.22. The summed E-state index contributed by atoms with van der Waals surface area (Å²) < 4.78 is 14.6. The van der Waals surface area contributed by atoms with E-state index in [0.717, 1.165) is 6.07 Å². The van der Waals surface area contributed by atoms with Crippen LogP contribution in [-0.4, -0.2) is 20.9 Å².